The summed E-state index contributed by atoms with van der Waals surface area (Å²) in [6.45, 7) is 8.54. The van der Waals surface area contributed by atoms with E-state index in [9.17, 15) is 4.79 Å². The van der Waals surface area contributed by atoms with E-state index in [0.29, 0.717) is 5.75 Å². The van der Waals surface area contributed by atoms with E-state index in [4.69, 9.17) is 4.74 Å². The van der Waals surface area contributed by atoms with Crippen LogP contribution >= 0.6 is 15.9 Å². The molecule has 2 aromatic rings. The Hall–Kier alpha value is -1.81. The molecule has 2 aromatic carbocycles. The molecule has 1 N–H and O–H groups in total. The highest BCUT2D eigenvalue weighted by Crippen LogP contribution is 2.31. The Morgan fingerprint density at radius 3 is 2.50 bits per heavy atom. The number of amides is 1. The van der Waals surface area contributed by atoms with E-state index in [1.807, 2.05) is 19.1 Å². The molecule has 1 aliphatic rings. The Kier molecular flexibility index (Phi) is 6.49. The molecule has 28 heavy (non-hydrogen) atoms. The molecular weight excluding hydrogens is 414 g/mol. The van der Waals surface area contributed by atoms with Gasteiger partial charge in [0.1, 0.15) is 5.75 Å². The number of hydrogen-bond donors (Lipinski definition) is 1. The number of carbonyl (C=O) groups is 1. The molecule has 1 aliphatic carbocycles. The lowest BCUT2D eigenvalue weighted by atomic mass is 9.87. The number of halogens is 1. The van der Waals surface area contributed by atoms with Crippen molar-refractivity contribution in [1.82, 2.24) is 5.32 Å². The van der Waals surface area contributed by atoms with Gasteiger partial charge in [-0.1, -0.05) is 45.0 Å². The van der Waals surface area contributed by atoms with Crippen molar-refractivity contribution < 1.29 is 9.53 Å². The molecule has 1 amide bonds. The Bertz CT molecular complexity index is 854. The van der Waals surface area contributed by atoms with Crippen LogP contribution in [-0.2, 0) is 23.1 Å². The third kappa shape index (κ3) is 5.16. The predicted molar refractivity (Wildman–Crippen MR) is 118 cm³/mol. The summed E-state index contributed by atoms with van der Waals surface area (Å²) >= 11 is 3.56. The standard InChI is InChI=1S/C24H30BrNO2/c1-16(18-10-9-17-7-5-6-8-19(17)13-18)26-23(27)15-28-22-12-11-20(14-21(22)25)24(2,3)4/h9-14,16H,5-8,15H2,1-4H3,(H,26,27)/t16-/m0/s1. The van der Waals surface area contributed by atoms with Gasteiger partial charge in [-0.3, -0.25) is 4.79 Å². The topological polar surface area (TPSA) is 38.3 Å². The zero-order valence-electron chi connectivity index (χ0n) is 17.3. The molecule has 0 aliphatic heterocycles. The summed E-state index contributed by atoms with van der Waals surface area (Å²) in [6.07, 6.45) is 4.86. The molecule has 1 atom stereocenters. The molecule has 0 unspecified atom stereocenters. The zero-order valence-corrected chi connectivity index (χ0v) is 18.9. The molecule has 0 aromatic heterocycles. The fraction of sp³-hybridized carbons (Fsp3) is 0.458. The molecule has 3 rings (SSSR count). The van der Waals surface area contributed by atoms with Crippen molar-refractivity contribution in [2.45, 2.75) is 64.8 Å². The number of benzene rings is 2. The van der Waals surface area contributed by atoms with Crippen LogP contribution in [0, 0.1) is 0 Å². The highest BCUT2D eigenvalue weighted by atomic mass is 79.9. The van der Waals surface area contributed by atoms with Crippen molar-refractivity contribution in [3.63, 3.8) is 0 Å². The van der Waals surface area contributed by atoms with Crippen LogP contribution in [0.25, 0.3) is 0 Å². The maximum absolute atomic E-state index is 12.4. The summed E-state index contributed by atoms with van der Waals surface area (Å²) < 4.78 is 6.61. The minimum Gasteiger partial charge on any atom is -0.483 e. The molecule has 0 fully saturated rings. The predicted octanol–water partition coefficient (Wildman–Crippen LogP) is 5.88. The monoisotopic (exact) mass is 443 g/mol. The third-order valence-corrected chi connectivity index (χ3v) is 6.03. The molecule has 4 heteroatoms. The number of fused-ring (bicyclic) bond motifs is 1. The van der Waals surface area contributed by atoms with E-state index < -0.39 is 0 Å². The molecular formula is C24H30BrNO2. The first-order chi connectivity index (χ1) is 13.2. The van der Waals surface area contributed by atoms with Gasteiger partial charge in [0.25, 0.3) is 5.91 Å². The van der Waals surface area contributed by atoms with Gasteiger partial charge in [-0.15, -0.1) is 0 Å². The maximum Gasteiger partial charge on any atom is 0.258 e. The number of ether oxygens (including phenoxy) is 1. The molecule has 0 saturated carbocycles. The summed E-state index contributed by atoms with van der Waals surface area (Å²) in [5.41, 5.74) is 5.34. The van der Waals surface area contributed by atoms with Gasteiger partial charge in [0.2, 0.25) is 0 Å². The lowest BCUT2D eigenvalue weighted by Gasteiger charge is -2.21. The minimum atomic E-state index is -0.114. The molecule has 0 saturated heterocycles. The molecule has 3 nitrogen and oxygen atoms in total. The van der Waals surface area contributed by atoms with Gasteiger partial charge in [0.15, 0.2) is 6.61 Å². The first-order valence-corrected chi connectivity index (χ1v) is 10.9. The van der Waals surface area contributed by atoms with E-state index in [0.717, 1.165) is 16.5 Å². The Morgan fingerprint density at radius 2 is 1.82 bits per heavy atom. The molecule has 0 radical (unpaired) electrons. The van der Waals surface area contributed by atoms with Crippen LogP contribution < -0.4 is 10.1 Å². The second-order valence-electron chi connectivity index (χ2n) is 8.71. The average molecular weight is 444 g/mol. The van der Waals surface area contributed by atoms with Crippen molar-refractivity contribution in [2.75, 3.05) is 6.61 Å². The minimum absolute atomic E-state index is 0.00272. The molecule has 0 bridgehead atoms. The summed E-state index contributed by atoms with van der Waals surface area (Å²) in [5, 5.41) is 3.05. The smallest absolute Gasteiger partial charge is 0.258 e. The highest BCUT2D eigenvalue weighted by molar-refractivity contribution is 9.10. The van der Waals surface area contributed by atoms with Crippen LogP contribution in [0.1, 0.15) is 68.8 Å². The van der Waals surface area contributed by atoms with Gasteiger partial charge in [0, 0.05) is 0 Å². The van der Waals surface area contributed by atoms with E-state index in [1.54, 1.807) is 0 Å². The number of carbonyl (C=O) groups excluding carboxylic acids is 1. The molecule has 0 spiro atoms. The van der Waals surface area contributed by atoms with Crippen molar-refractivity contribution in [3.8, 4) is 5.75 Å². The van der Waals surface area contributed by atoms with Gasteiger partial charge in [-0.05, 0) is 88.3 Å². The van der Waals surface area contributed by atoms with Crippen molar-refractivity contribution in [2.24, 2.45) is 0 Å². The SMILES string of the molecule is C[C@H](NC(=O)COc1ccc(C(C)(C)C)cc1Br)c1ccc2c(c1)CCCC2. The van der Waals surface area contributed by atoms with E-state index >= 15 is 0 Å². The average Bonchev–Trinajstić information content (AvgIpc) is 2.65. The Balaban J connectivity index is 1.57. The lowest BCUT2D eigenvalue weighted by Crippen LogP contribution is -2.31. The van der Waals surface area contributed by atoms with Gasteiger partial charge >= 0.3 is 0 Å². The van der Waals surface area contributed by atoms with Crippen molar-refractivity contribution in [1.29, 1.82) is 0 Å². The largest absolute Gasteiger partial charge is 0.483 e. The summed E-state index contributed by atoms with van der Waals surface area (Å²) in [5.74, 6) is 0.571. The van der Waals surface area contributed by atoms with Crippen LogP contribution in [0.4, 0.5) is 0 Å². The number of aryl methyl sites for hydroxylation is 2. The zero-order chi connectivity index (χ0) is 20.3. The number of rotatable bonds is 5. The van der Waals surface area contributed by atoms with E-state index in [-0.39, 0.29) is 24.0 Å². The van der Waals surface area contributed by atoms with Gasteiger partial charge in [0.05, 0.1) is 10.5 Å². The van der Waals surface area contributed by atoms with Crippen molar-refractivity contribution in [3.05, 3.63) is 63.1 Å². The Morgan fingerprint density at radius 1 is 1.11 bits per heavy atom. The number of hydrogen-bond acceptors (Lipinski definition) is 2. The van der Waals surface area contributed by atoms with Gasteiger partial charge in [-0.2, -0.15) is 0 Å². The lowest BCUT2D eigenvalue weighted by molar-refractivity contribution is -0.123. The third-order valence-electron chi connectivity index (χ3n) is 5.41. The normalized spacial score (nSPS) is 14.9. The van der Waals surface area contributed by atoms with E-state index in [2.05, 4.69) is 66.3 Å². The maximum atomic E-state index is 12.4. The van der Waals surface area contributed by atoms with Crippen LogP contribution in [0.5, 0.6) is 5.75 Å². The van der Waals surface area contributed by atoms with Gasteiger partial charge in [-0.25, -0.2) is 0 Å². The number of nitrogens with one attached hydrogen (secondary N) is 1. The molecule has 0 heterocycles. The van der Waals surface area contributed by atoms with Crippen LogP contribution in [0.15, 0.2) is 40.9 Å². The van der Waals surface area contributed by atoms with Crippen LogP contribution in [-0.4, -0.2) is 12.5 Å². The van der Waals surface area contributed by atoms with Gasteiger partial charge < -0.3 is 10.1 Å². The van der Waals surface area contributed by atoms with E-state index in [1.165, 1.54) is 36.0 Å². The summed E-state index contributed by atoms with van der Waals surface area (Å²) in [6, 6.07) is 12.6. The van der Waals surface area contributed by atoms with Crippen LogP contribution in [0.3, 0.4) is 0 Å². The van der Waals surface area contributed by atoms with Crippen molar-refractivity contribution >= 4 is 21.8 Å². The highest BCUT2D eigenvalue weighted by Gasteiger charge is 2.17. The molecule has 150 valence electrons. The fourth-order valence-corrected chi connectivity index (χ4v) is 4.11. The van der Waals surface area contributed by atoms with Crippen LogP contribution in [0.2, 0.25) is 0 Å². The quantitative estimate of drug-likeness (QED) is 0.625. The summed E-state index contributed by atoms with van der Waals surface area (Å²) in [7, 11) is 0. The first kappa shape index (κ1) is 20.9. The Labute approximate surface area is 177 Å². The first-order valence-electron chi connectivity index (χ1n) is 10.1. The fourth-order valence-electron chi connectivity index (χ4n) is 3.62. The summed E-state index contributed by atoms with van der Waals surface area (Å²) in [4.78, 5) is 12.4. The second-order valence-corrected chi connectivity index (χ2v) is 9.56. The second kappa shape index (κ2) is 8.69.